The fourth-order valence-corrected chi connectivity index (χ4v) is 3.34. The van der Waals surface area contributed by atoms with E-state index in [-0.39, 0.29) is 30.4 Å². The molecule has 1 aromatic carbocycles. The number of hydrogen-bond donors (Lipinski definition) is 2. The van der Waals surface area contributed by atoms with Crippen molar-refractivity contribution in [2.45, 2.75) is 12.8 Å². The quantitative estimate of drug-likeness (QED) is 0.659. The monoisotopic (exact) mass is 428 g/mol. The second-order valence-corrected chi connectivity index (χ2v) is 7.32. The van der Waals surface area contributed by atoms with Crippen molar-refractivity contribution in [1.82, 2.24) is 19.9 Å². The van der Waals surface area contributed by atoms with Crippen molar-refractivity contribution < 1.29 is 18.0 Å². The van der Waals surface area contributed by atoms with Gasteiger partial charge in [0, 0.05) is 31.0 Å². The van der Waals surface area contributed by atoms with Crippen molar-refractivity contribution >= 4 is 17.5 Å². The fraction of sp³-hybridized carbons (Fsp3) is 0.238. The van der Waals surface area contributed by atoms with Crippen LogP contribution in [0.2, 0.25) is 0 Å². The molecule has 160 valence electrons. The van der Waals surface area contributed by atoms with Crippen molar-refractivity contribution in [2.75, 3.05) is 24.1 Å². The summed E-state index contributed by atoms with van der Waals surface area (Å²) in [6, 6.07) is 8.37. The zero-order chi connectivity index (χ0) is 22.2. The van der Waals surface area contributed by atoms with Crippen LogP contribution in [0.4, 0.5) is 29.5 Å². The highest BCUT2D eigenvalue weighted by Crippen LogP contribution is 2.39. The van der Waals surface area contributed by atoms with Gasteiger partial charge < -0.3 is 10.6 Å². The molecular formula is C21H19F3N6O. The molecule has 3 aromatic rings. The van der Waals surface area contributed by atoms with Crippen LogP contribution in [0.3, 0.4) is 0 Å². The Morgan fingerprint density at radius 3 is 2.58 bits per heavy atom. The number of carbonyl (C=O) groups excluding carboxylic acids is 1. The van der Waals surface area contributed by atoms with Gasteiger partial charge >= 0.3 is 12.0 Å². The molecule has 10 heteroatoms. The Balaban J connectivity index is 1.45. The topological polar surface area (TPSA) is 97.0 Å². The number of hydrogen-bond acceptors (Lipinski definition) is 5. The van der Waals surface area contributed by atoms with Gasteiger partial charge in [0.2, 0.25) is 0 Å². The van der Waals surface area contributed by atoms with Gasteiger partial charge in [-0.15, -0.1) is 0 Å². The maximum atomic E-state index is 14.5. The van der Waals surface area contributed by atoms with E-state index in [4.69, 9.17) is 5.73 Å². The maximum Gasteiger partial charge on any atom is 0.323 e. The second-order valence-electron chi connectivity index (χ2n) is 7.32. The summed E-state index contributed by atoms with van der Waals surface area (Å²) in [5.41, 5.74) is 7.99. The molecule has 0 unspecified atom stereocenters. The van der Waals surface area contributed by atoms with E-state index in [1.165, 1.54) is 35.5 Å². The van der Waals surface area contributed by atoms with Gasteiger partial charge in [0.05, 0.1) is 17.3 Å². The number of carbonyl (C=O) groups is 1. The average Bonchev–Trinajstić information content (AvgIpc) is 2.69. The molecule has 1 saturated heterocycles. The number of halogens is 3. The number of nitrogens with two attached hydrogens (primary N) is 1. The summed E-state index contributed by atoms with van der Waals surface area (Å²) in [5.74, 6) is -5.15. The number of urea groups is 1. The molecule has 3 heterocycles. The second kappa shape index (κ2) is 7.86. The third-order valence-corrected chi connectivity index (χ3v) is 5.16. The van der Waals surface area contributed by atoms with Crippen LogP contribution in [0.15, 0.2) is 48.8 Å². The molecule has 4 rings (SSSR count). The van der Waals surface area contributed by atoms with E-state index in [9.17, 15) is 18.0 Å². The van der Waals surface area contributed by atoms with Gasteiger partial charge in [-0.1, -0.05) is 0 Å². The van der Waals surface area contributed by atoms with Crippen LogP contribution in [0, 0.1) is 18.7 Å². The summed E-state index contributed by atoms with van der Waals surface area (Å²) in [6.45, 7) is 1.42. The molecule has 0 aliphatic carbocycles. The van der Waals surface area contributed by atoms with Gasteiger partial charge in [0.25, 0.3) is 0 Å². The normalized spacial score (nSPS) is 14.3. The fourth-order valence-electron chi connectivity index (χ4n) is 3.34. The third-order valence-electron chi connectivity index (χ3n) is 5.16. The number of likely N-dealkylation sites (tertiary alicyclic amines) is 1. The molecule has 2 amide bonds. The molecule has 1 fully saturated rings. The number of nitrogens with one attached hydrogen (secondary N) is 1. The van der Waals surface area contributed by atoms with Gasteiger partial charge in [-0.2, -0.15) is 8.78 Å². The predicted molar refractivity (Wildman–Crippen MR) is 109 cm³/mol. The molecule has 2 aromatic heterocycles. The summed E-state index contributed by atoms with van der Waals surface area (Å²) in [4.78, 5) is 25.3. The minimum atomic E-state index is -3.24. The lowest BCUT2D eigenvalue weighted by Gasteiger charge is -2.42. The first-order valence-electron chi connectivity index (χ1n) is 9.50. The zero-order valence-electron chi connectivity index (χ0n) is 16.5. The van der Waals surface area contributed by atoms with E-state index < -0.39 is 23.7 Å². The van der Waals surface area contributed by atoms with Crippen molar-refractivity contribution in [3.8, 4) is 11.3 Å². The Morgan fingerprint density at radius 1 is 1.19 bits per heavy atom. The van der Waals surface area contributed by atoms with Crippen molar-refractivity contribution in [1.29, 1.82) is 0 Å². The molecule has 31 heavy (non-hydrogen) atoms. The van der Waals surface area contributed by atoms with Crippen LogP contribution in [0.25, 0.3) is 11.3 Å². The number of anilines is 2. The number of aromatic nitrogens is 3. The highest BCUT2D eigenvalue weighted by atomic mass is 19.3. The van der Waals surface area contributed by atoms with Crippen molar-refractivity contribution in [3.63, 3.8) is 0 Å². The minimum Gasteiger partial charge on any atom is -0.396 e. The molecule has 1 aliphatic heterocycles. The lowest BCUT2D eigenvalue weighted by Crippen LogP contribution is -2.57. The van der Waals surface area contributed by atoms with E-state index in [1.54, 1.807) is 25.1 Å². The first kappa shape index (κ1) is 20.6. The number of nitrogens with zero attached hydrogens (tertiary/aromatic N) is 4. The highest BCUT2D eigenvalue weighted by Gasteiger charge is 2.51. The third kappa shape index (κ3) is 4.00. The highest BCUT2D eigenvalue weighted by molar-refractivity contribution is 5.92. The van der Waals surface area contributed by atoms with Crippen molar-refractivity contribution in [2.24, 2.45) is 5.92 Å². The standard InChI is InChI=1S/C21H19F3N6O/c1-12-9-14(22)3-4-15(12)17-6-5-16(25)18(28-17)29-20(31)30-10-13(11-30)21(23,24)19-26-7-2-8-27-19/h2-9,13H,10-11,25H2,1H3,(H,28,29,31). The number of benzene rings is 1. The molecule has 0 spiro atoms. The number of nitrogen functional groups attached to an aromatic ring is 1. The van der Waals surface area contributed by atoms with Crippen LogP contribution in [0.1, 0.15) is 11.4 Å². The first-order chi connectivity index (χ1) is 14.8. The molecule has 3 N–H and O–H groups in total. The van der Waals surface area contributed by atoms with Crippen LogP contribution < -0.4 is 11.1 Å². The number of amides is 2. The van der Waals surface area contributed by atoms with Gasteiger partial charge in [-0.05, 0) is 48.9 Å². The molecule has 1 aliphatic rings. The molecular weight excluding hydrogens is 409 g/mol. The van der Waals surface area contributed by atoms with Gasteiger partial charge in [0.1, 0.15) is 5.82 Å². The summed E-state index contributed by atoms with van der Waals surface area (Å²) in [5, 5.41) is 2.57. The van der Waals surface area contributed by atoms with Crippen molar-refractivity contribution in [3.05, 3.63) is 66.0 Å². The Hall–Kier alpha value is -3.69. The molecule has 0 atom stereocenters. The van der Waals surface area contributed by atoms with E-state index >= 15 is 0 Å². The molecule has 7 nitrogen and oxygen atoms in total. The largest absolute Gasteiger partial charge is 0.396 e. The zero-order valence-corrected chi connectivity index (χ0v) is 16.5. The summed E-state index contributed by atoms with van der Waals surface area (Å²) in [7, 11) is 0. The Kier molecular flexibility index (Phi) is 5.22. The number of rotatable bonds is 4. The SMILES string of the molecule is Cc1cc(F)ccc1-c1ccc(N)c(NC(=O)N2CC(C(F)(F)c3ncccn3)C2)n1. The Morgan fingerprint density at radius 2 is 1.90 bits per heavy atom. The van der Waals surface area contributed by atoms with E-state index in [0.717, 1.165) is 0 Å². The van der Waals surface area contributed by atoms with Gasteiger partial charge in [-0.25, -0.2) is 24.1 Å². The van der Waals surface area contributed by atoms with E-state index in [1.807, 2.05) is 0 Å². The lowest BCUT2D eigenvalue weighted by atomic mass is 9.92. The summed E-state index contributed by atoms with van der Waals surface area (Å²) in [6.07, 6.45) is 2.51. The number of pyridine rings is 1. The Bertz CT molecular complexity index is 1120. The van der Waals surface area contributed by atoms with Gasteiger partial charge in [0.15, 0.2) is 11.6 Å². The first-order valence-corrected chi connectivity index (χ1v) is 9.50. The summed E-state index contributed by atoms with van der Waals surface area (Å²) >= 11 is 0. The van der Waals surface area contributed by atoms with E-state index in [2.05, 4.69) is 20.3 Å². The smallest absolute Gasteiger partial charge is 0.323 e. The maximum absolute atomic E-state index is 14.5. The Labute approximate surface area is 176 Å². The molecule has 0 bridgehead atoms. The molecule has 0 radical (unpaired) electrons. The lowest BCUT2D eigenvalue weighted by molar-refractivity contribution is -0.117. The van der Waals surface area contributed by atoms with Crippen LogP contribution >= 0.6 is 0 Å². The number of alkyl halides is 2. The van der Waals surface area contributed by atoms with Gasteiger partial charge in [-0.3, -0.25) is 5.32 Å². The van der Waals surface area contributed by atoms with Crippen LogP contribution in [-0.2, 0) is 5.92 Å². The summed E-state index contributed by atoms with van der Waals surface area (Å²) < 4.78 is 42.4. The van der Waals surface area contributed by atoms with Crippen LogP contribution in [-0.4, -0.2) is 39.0 Å². The molecule has 0 saturated carbocycles. The minimum absolute atomic E-state index is 0.104. The predicted octanol–water partition coefficient (Wildman–Crippen LogP) is 3.82. The van der Waals surface area contributed by atoms with Crippen LogP contribution in [0.5, 0.6) is 0 Å². The number of aryl methyl sites for hydroxylation is 1. The van der Waals surface area contributed by atoms with E-state index in [0.29, 0.717) is 16.8 Å². The average molecular weight is 428 g/mol.